The lowest BCUT2D eigenvalue weighted by Gasteiger charge is -2.27. The van der Waals surface area contributed by atoms with Crippen LogP contribution in [0.5, 0.6) is 5.75 Å². The number of ether oxygens (including phenoxy) is 1. The van der Waals surface area contributed by atoms with Crippen LogP contribution in [-0.2, 0) is 19.3 Å². The molecule has 1 aromatic heterocycles. The first-order valence-electron chi connectivity index (χ1n) is 8.66. The van der Waals surface area contributed by atoms with Crippen molar-refractivity contribution in [2.45, 2.75) is 44.6 Å². The van der Waals surface area contributed by atoms with E-state index in [1.807, 2.05) is 24.3 Å². The van der Waals surface area contributed by atoms with Gasteiger partial charge in [0.15, 0.2) is 11.7 Å². The summed E-state index contributed by atoms with van der Waals surface area (Å²) in [5.74, 6) is 1.33. The number of hydrogen-bond donors (Lipinski definition) is 2. The summed E-state index contributed by atoms with van der Waals surface area (Å²) in [6, 6.07) is 7.80. The molecule has 2 aromatic rings. The van der Waals surface area contributed by atoms with Crippen molar-refractivity contribution in [2.75, 3.05) is 7.05 Å². The number of halogens is 3. The molecule has 27 heavy (non-hydrogen) atoms. The lowest BCUT2D eigenvalue weighted by Crippen LogP contribution is -2.36. The number of para-hydroxylation sites is 1. The van der Waals surface area contributed by atoms with E-state index in [2.05, 4.69) is 20.6 Å². The zero-order valence-electron chi connectivity index (χ0n) is 14.8. The third-order valence-electron chi connectivity index (χ3n) is 4.24. The number of hydrogen-bond acceptors (Lipinski definition) is 4. The Balaban J connectivity index is 1.53. The van der Waals surface area contributed by atoms with E-state index in [0.29, 0.717) is 17.5 Å². The molecule has 0 atom stereocenters. The maximum atomic E-state index is 12.6. The maximum absolute atomic E-state index is 12.6. The van der Waals surface area contributed by atoms with Crippen molar-refractivity contribution >= 4 is 17.3 Å². The number of alkyl halides is 3. The van der Waals surface area contributed by atoms with Crippen LogP contribution in [0.4, 0.5) is 13.2 Å². The van der Waals surface area contributed by atoms with Crippen LogP contribution in [0, 0.1) is 0 Å². The van der Waals surface area contributed by atoms with Gasteiger partial charge in [-0.25, -0.2) is 4.98 Å². The van der Waals surface area contributed by atoms with Gasteiger partial charge in [-0.05, 0) is 25.3 Å². The molecule has 9 heteroatoms. The number of rotatable bonds is 6. The minimum Gasteiger partial charge on any atom is -0.490 e. The van der Waals surface area contributed by atoms with Crippen molar-refractivity contribution in [1.82, 2.24) is 15.6 Å². The van der Waals surface area contributed by atoms with E-state index in [9.17, 15) is 13.2 Å². The van der Waals surface area contributed by atoms with Gasteiger partial charge < -0.3 is 15.4 Å². The van der Waals surface area contributed by atoms with Crippen molar-refractivity contribution in [2.24, 2.45) is 4.99 Å². The average molecular weight is 398 g/mol. The molecule has 0 aliphatic heterocycles. The van der Waals surface area contributed by atoms with Crippen molar-refractivity contribution < 1.29 is 17.9 Å². The Morgan fingerprint density at radius 1 is 1.26 bits per heavy atom. The summed E-state index contributed by atoms with van der Waals surface area (Å²) < 4.78 is 43.8. The van der Waals surface area contributed by atoms with E-state index in [4.69, 9.17) is 4.74 Å². The molecule has 1 saturated carbocycles. The van der Waals surface area contributed by atoms with E-state index in [0.717, 1.165) is 40.9 Å². The van der Waals surface area contributed by atoms with Crippen molar-refractivity contribution in [1.29, 1.82) is 0 Å². The fourth-order valence-electron chi connectivity index (χ4n) is 2.51. The van der Waals surface area contributed by atoms with Crippen LogP contribution < -0.4 is 15.4 Å². The molecule has 0 radical (unpaired) electrons. The van der Waals surface area contributed by atoms with E-state index < -0.39 is 11.9 Å². The van der Waals surface area contributed by atoms with Crippen LogP contribution in [-0.4, -0.2) is 24.1 Å². The third kappa shape index (κ3) is 5.35. The Morgan fingerprint density at radius 3 is 2.63 bits per heavy atom. The standard InChI is InChI=1S/C18H21F3N4OS/c1-22-17(24-10-16-25-15(11-27-16)18(19,20)21)23-9-12-5-2-3-8-14(12)26-13-6-4-7-13/h2-3,5,8,11,13H,4,6-7,9-10H2,1H3,(H2,22,23,24). The summed E-state index contributed by atoms with van der Waals surface area (Å²) >= 11 is 0.965. The Hall–Kier alpha value is -2.29. The topological polar surface area (TPSA) is 58.5 Å². The van der Waals surface area contributed by atoms with Crippen molar-refractivity contribution in [3.63, 3.8) is 0 Å². The predicted molar refractivity (Wildman–Crippen MR) is 98.9 cm³/mol. The van der Waals surface area contributed by atoms with E-state index in [-0.39, 0.29) is 12.6 Å². The molecule has 0 amide bonds. The van der Waals surface area contributed by atoms with Gasteiger partial charge in [-0.15, -0.1) is 11.3 Å². The zero-order valence-corrected chi connectivity index (χ0v) is 15.7. The highest BCUT2D eigenvalue weighted by Gasteiger charge is 2.33. The normalized spacial score (nSPS) is 15.3. The molecule has 1 fully saturated rings. The number of benzene rings is 1. The van der Waals surface area contributed by atoms with Gasteiger partial charge in [0.25, 0.3) is 0 Å². The summed E-state index contributed by atoms with van der Waals surface area (Å²) in [6.07, 6.45) is -0.763. The first kappa shape index (κ1) is 19.5. The van der Waals surface area contributed by atoms with E-state index >= 15 is 0 Å². The van der Waals surface area contributed by atoms with Crippen molar-refractivity contribution in [3.8, 4) is 5.75 Å². The quantitative estimate of drug-likeness (QED) is 0.571. The smallest absolute Gasteiger partial charge is 0.434 e. The van der Waals surface area contributed by atoms with Crippen LogP contribution in [0.25, 0.3) is 0 Å². The number of aromatic nitrogens is 1. The molecule has 1 aliphatic carbocycles. The Kier molecular flexibility index (Phi) is 6.20. The molecule has 0 saturated heterocycles. The van der Waals surface area contributed by atoms with Gasteiger partial charge >= 0.3 is 6.18 Å². The lowest BCUT2D eigenvalue weighted by atomic mass is 9.96. The maximum Gasteiger partial charge on any atom is 0.434 e. The minimum atomic E-state index is -4.42. The molecule has 3 rings (SSSR count). The highest BCUT2D eigenvalue weighted by atomic mass is 32.1. The largest absolute Gasteiger partial charge is 0.490 e. The highest BCUT2D eigenvalue weighted by molar-refractivity contribution is 7.09. The van der Waals surface area contributed by atoms with Gasteiger partial charge in [0.1, 0.15) is 10.8 Å². The number of nitrogens with zero attached hydrogens (tertiary/aromatic N) is 2. The molecule has 0 unspecified atom stereocenters. The van der Waals surface area contributed by atoms with E-state index in [1.165, 1.54) is 6.42 Å². The van der Waals surface area contributed by atoms with Crippen LogP contribution in [0.1, 0.15) is 35.5 Å². The Labute approximate surface area is 159 Å². The van der Waals surface area contributed by atoms with Gasteiger partial charge in [0.05, 0.1) is 12.6 Å². The van der Waals surface area contributed by atoms with Gasteiger partial charge in [-0.3, -0.25) is 4.99 Å². The third-order valence-corrected chi connectivity index (χ3v) is 5.09. The molecule has 146 valence electrons. The van der Waals surface area contributed by atoms with Gasteiger partial charge in [0, 0.05) is 24.5 Å². The van der Waals surface area contributed by atoms with E-state index in [1.54, 1.807) is 7.05 Å². The second-order valence-corrected chi connectivity index (χ2v) is 7.12. The zero-order chi connectivity index (χ0) is 19.3. The second-order valence-electron chi connectivity index (χ2n) is 6.18. The van der Waals surface area contributed by atoms with Gasteiger partial charge in [-0.2, -0.15) is 13.2 Å². The summed E-state index contributed by atoms with van der Waals surface area (Å²) in [5.41, 5.74) is 0.135. The molecule has 1 aromatic carbocycles. The predicted octanol–water partition coefficient (Wildman–Crippen LogP) is 3.96. The van der Waals surface area contributed by atoms with Crippen LogP contribution >= 0.6 is 11.3 Å². The molecular weight excluding hydrogens is 377 g/mol. The lowest BCUT2D eigenvalue weighted by molar-refractivity contribution is -0.140. The minimum absolute atomic E-state index is 0.167. The molecule has 0 bridgehead atoms. The monoisotopic (exact) mass is 398 g/mol. The Morgan fingerprint density at radius 2 is 2.00 bits per heavy atom. The molecule has 1 heterocycles. The molecule has 0 spiro atoms. The SMILES string of the molecule is CN=C(NCc1nc(C(F)(F)F)cs1)NCc1ccccc1OC1CCC1. The summed E-state index contributed by atoms with van der Waals surface area (Å²) in [5, 5.41) is 7.50. The Bertz CT molecular complexity index is 787. The summed E-state index contributed by atoms with van der Waals surface area (Å²) in [7, 11) is 1.61. The fraction of sp³-hybridized carbons (Fsp3) is 0.444. The first-order valence-corrected chi connectivity index (χ1v) is 9.54. The summed E-state index contributed by atoms with van der Waals surface area (Å²) in [4.78, 5) is 7.70. The van der Waals surface area contributed by atoms with Crippen LogP contribution in [0.3, 0.4) is 0 Å². The summed E-state index contributed by atoms with van der Waals surface area (Å²) in [6.45, 7) is 0.662. The second kappa shape index (κ2) is 8.60. The molecule has 1 aliphatic rings. The number of thiazole rings is 1. The van der Waals surface area contributed by atoms with Gasteiger partial charge in [0.2, 0.25) is 0 Å². The molecular formula is C18H21F3N4OS. The highest BCUT2D eigenvalue weighted by Crippen LogP contribution is 2.30. The van der Waals surface area contributed by atoms with Crippen LogP contribution in [0.15, 0.2) is 34.6 Å². The molecule has 2 N–H and O–H groups in total. The number of guanidine groups is 1. The molecule has 5 nitrogen and oxygen atoms in total. The first-order chi connectivity index (χ1) is 13.0. The van der Waals surface area contributed by atoms with Gasteiger partial charge in [-0.1, -0.05) is 18.2 Å². The number of nitrogens with one attached hydrogen (secondary N) is 2. The fourth-order valence-corrected chi connectivity index (χ4v) is 3.25. The van der Waals surface area contributed by atoms with Crippen LogP contribution in [0.2, 0.25) is 0 Å². The van der Waals surface area contributed by atoms with Crippen molar-refractivity contribution in [3.05, 3.63) is 45.9 Å². The number of aliphatic imine (C=N–C) groups is 1. The average Bonchev–Trinajstić information content (AvgIpc) is 3.08.